The number of rotatable bonds is 4. The number of nitrogens with zero attached hydrogens (tertiary/aromatic N) is 2. The summed E-state index contributed by atoms with van der Waals surface area (Å²) in [5, 5.41) is 9.30. The molecule has 1 aliphatic rings. The summed E-state index contributed by atoms with van der Waals surface area (Å²) in [6.07, 6.45) is 3.97. The molecule has 1 aromatic carbocycles. The molecule has 2 aromatic rings. The van der Waals surface area contributed by atoms with E-state index in [1.807, 2.05) is 30.3 Å². The summed E-state index contributed by atoms with van der Waals surface area (Å²) in [4.78, 5) is 6.57. The molecule has 0 radical (unpaired) electrons. The zero-order valence-corrected chi connectivity index (χ0v) is 10.8. The van der Waals surface area contributed by atoms with Gasteiger partial charge in [-0.1, -0.05) is 30.3 Å². The molecule has 1 fully saturated rings. The minimum absolute atomic E-state index is 0.215. The second-order valence-corrected chi connectivity index (χ2v) is 4.93. The van der Waals surface area contributed by atoms with Gasteiger partial charge in [0.1, 0.15) is 0 Å². The van der Waals surface area contributed by atoms with Crippen LogP contribution in [-0.2, 0) is 6.54 Å². The van der Waals surface area contributed by atoms with Crippen molar-refractivity contribution in [1.29, 1.82) is 0 Å². The Labute approximate surface area is 112 Å². The largest absolute Gasteiger partial charge is 0.439 e. The summed E-state index contributed by atoms with van der Waals surface area (Å²) < 4.78 is 5.79. The van der Waals surface area contributed by atoms with E-state index in [0.29, 0.717) is 6.54 Å². The second-order valence-electron chi connectivity index (χ2n) is 4.93. The number of oxazole rings is 1. The number of hydrogen-bond donors (Lipinski definition) is 1. The first-order chi connectivity index (χ1) is 9.36. The third-order valence-electron chi connectivity index (χ3n) is 3.66. The molecule has 19 heavy (non-hydrogen) atoms. The molecular formula is C15H18N2O2. The third-order valence-corrected chi connectivity index (χ3v) is 3.66. The molecule has 0 spiro atoms. The van der Waals surface area contributed by atoms with Crippen LogP contribution in [0.2, 0.25) is 0 Å². The van der Waals surface area contributed by atoms with Gasteiger partial charge in [0, 0.05) is 11.6 Å². The fourth-order valence-electron chi connectivity index (χ4n) is 2.60. The molecule has 2 heterocycles. The molecular weight excluding hydrogens is 240 g/mol. The van der Waals surface area contributed by atoms with Gasteiger partial charge >= 0.3 is 0 Å². The fraction of sp³-hybridized carbons (Fsp3) is 0.400. The van der Waals surface area contributed by atoms with Crippen LogP contribution in [0.1, 0.15) is 18.7 Å². The van der Waals surface area contributed by atoms with E-state index in [1.54, 1.807) is 6.20 Å². The molecule has 0 amide bonds. The third kappa shape index (κ3) is 2.69. The number of aliphatic hydroxyl groups excluding tert-OH is 1. The number of aliphatic hydroxyl groups is 1. The van der Waals surface area contributed by atoms with E-state index in [4.69, 9.17) is 4.42 Å². The first-order valence-corrected chi connectivity index (χ1v) is 6.72. The minimum Gasteiger partial charge on any atom is -0.439 e. The summed E-state index contributed by atoms with van der Waals surface area (Å²) >= 11 is 0. The van der Waals surface area contributed by atoms with E-state index in [2.05, 4.69) is 9.88 Å². The smallest absolute Gasteiger partial charge is 0.209 e. The highest BCUT2D eigenvalue weighted by Crippen LogP contribution is 2.23. The summed E-state index contributed by atoms with van der Waals surface area (Å²) in [6.45, 7) is 1.90. The molecule has 1 N–H and O–H groups in total. The minimum atomic E-state index is 0.215. The van der Waals surface area contributed by atoms with Crippen LogP contribution in [0.4, 0.5) is 0 Å². The molecule has 1 aromatic heterocycles. The zero-order chi connectivity index (χ0) is 13.1. The summed E-state index contributed by atoms with van der Waals surface area (Å²) in [7, 11) is 0. The quantitative estimate of drug-likeness (QED) is 0.914. The molecule has 0 bridgehead atoms. The summed E-state index contributed by atoms with van der Waals surface area (Å²) in [5.41, 5.74) is 1.04. The van der Waals surface area contributed by atoms with E-state index in [-0.39, 0.29) is 12.6 Å². The Morgan fingerprint density at radius 1 is 1.32 bits per heavy atom. The Balaban J connectivity index is 1.72. The van der Waals surface area contributed by atoms with Crippen LogP contribution < -0.4 is 0 Å². The van der Waals surface area contributed by atoms with Gasteiger partial charge in [-0.15, -0.1) is 0 Å². The van der Waals surface area contributed by atoms with Crippen molar-refractivity contribution in [3.8, 4) is 11.3 Å². The van der Waals surface area contributed by atoms with Gasteiger partial charge in [0.2, 0.25) is 5.89 Å². The number of aromatic nitrogens is 1. The van der Waals surface area contributed by atoms with Gasteiger partial charge in [-0.2, -0.15) is 0 Å². The first kappa shape index (κ1) is 12.4. The summed E-state index contributed by atoms with van der Waals surface area (Å²) in [6, 6.07) is 10.2. The van der Waals surface area contributed by atoms with Crippen molar-refractivity contribution in [2.24, 2.45) is 0 Å². The molecule has 1 atom stereocenters. The highest BCUT2D eigenvalue weighted by atomic mass is 16.4. The first-order valence-electron chi connectivity index (χ1n) is 6.72. The van der Waals surface area contributed by atoms with Gasteiger partial charge < -0.3 is 9.52 Å². The molecule has 1 aliphatic heterocycles. The lowest BCUT2D eigenvalue weighted by molar-refractivity contribution is 0.144. The van der Waals surface area contributed by atoms with Crippen molar-refractivity contribution in [2.45, 2.75) is 25.4 Å². The molecule has 1 saturated heterocycles. The van der Waals surface area contributed by atoms with Crippen molar-refractivity contribution < 1.29 is 9.52 Å². The molecule has 4 heteroatoms. The van der Waals surface area contributed by atoms with Gasteiger partial charge in [0.05, 0.1) is 19.3 Å². The van der Waals surface area contributed by atoms with Gasteiger partial charge in [0.25, 0.3) is 0 Å². The summed E-state index contributed by atoms with van der Waals surface area (Å²) in [5.74, 6) is 1.52. The lowest BCUT2D eigenvalue weighted by Gasteiger charge is -2.20. The monoisotopic (exact) mass is 258 g/mol. The standard InChI is InChI=1S/C15H18N2O2/c18-11-13-7-4-8-17(13)10-15-16-9-14(19-15)12-5-2-1-3-6-12/h1-3,5-6,9,13,18H,4,7-8,10-11H2. The molecule has 0 aliphatic carbocycles. The maximum Gasteiger partial charge on any atom is 0.209 e. The van der Waals surface area contributed by atoms with Crippen LogP contribution in [0, 0.1) is 0 Å². The molecule has 0 saturated carbocycles. The zero-order valence-electron chi connectivity index (χ0n) is 10.8. The van der Waals surface area contributed by atoms with Crippen LogP contribution in [0.15, 0.2) is 40.9 Å². The highest BCUT2D eigenvalue weighted by Gasteiger charge is 2.25. The number of benzene rings is 1. The van der Waals surface area contributed by atoms with Gasteiger partial charge in [-0.25, -0.2) is 4.98 Å². The molecule has 100 valence electrons. The van der Waals surface area contributed by atoms with Crippen LogP contribution in [-0.4, -0.2) is 34.2 Å². The Morgan fingerprint density at radius 3 is 2.95 bits per heavy atom. The average Bonchev–Trinajstić information content (AvgIpc) is 3.09. The van der Waals surface area contributed by atoms with Gasteiger partial charge in [-0.3, -0.25) is 4.90 Å². The number of likely N-dealkylation sites (tertiary alicyclic amines) is 1. The van der Waals surface area contributed by atoms with Crippen LogP contribution in [0.3, 0.4) is 0 Å². The van der Waals surface area contributed by atoms with E-state index >= 15 is 0 Å². The van der Waals surface area contributed by atoms with Crippen molar-refractivity contribution in [2.75, 3.05) is 13.2 Å². The average molecular weight is 258 g/mol. The molecule has 1 unspecified atom stereocenters. The maximum absolute atomic E-state index is 9.30. The topological polar surface area (TPSA) is 49.5 Å². The predicted octanol–water partition coefficient (Wildman–Crippen LogP) is 2.30. The predicted molar refractivity (Wildman–Crippen MR) is 72.5 cm³/mol. The maximum atomic E-state index is 9.30. The van der Waals surface area contributed by atoms with E-state index in [1.165, 1.54) is 0 Å². The van der Waals surface area contributed by atoms with Crippen molar-refractivity contribution in [1.82, 2.24) is 9.88 Å². The van der Waals surface area contributed by atoms with E-state index < -0.39 is 0 Å². The Morgan fingerprint density at radius 2 is 2.16 bits per heavy atom. The Bertz CT molecular complexity index is 524. The van der Waals surface area contributed by atoms with E-state index in [0.717, 1.165) is 36.6 Å². The highest BCUT2D eigenvalue weighted by molar-refractivity contribution is 5.55. The van der Waals surface area contributed by atoms with Crippen molar-refractivity contribution in [3.63, 3.8) is 0 Å². The Kier molecular flexibility index (Phi) is 3.62. The normalized spacial score (nSPS) is 19.9. The van der Waals surface area contributed by atoms with Crippen LogP contribution in [0.25, 0.3) is 11.3 Å². The van der Waals surface area contributed by atoms with Crippen LogP contribution in [0.5, 0.6) is 0 Å². The lowest BCUT2D eigenvalue weighted by atomic mass is 10.2. The lowest BCUT2D eigenvalue weighted by Crippen LogP contribution is -2.31. The second kappa shape index (κ2) is 5.55. The molecule has 4 nitrogen and oxygen atoms in total. The van der Waals surface area contributed by atoms with E-state index in [9.17, 15) is 5.11 Å². The molecule has 3 rings (SSSR count). The van der Waals surface area contributed by atoms with Crippen molar-refractivity contribution >= 4 is 0 Å². The van der Waals surface area contributed by atoms with Crippen LogP contribution >= 0.6 is 0 Å². The Hall–Kier alpha value is -1.65. The number of hydrogen-bond acceptors (Lipinski definition) is 4. The SMILES string of the molecule is OCC1CCCN1Cc1ncc(-c2ccccc2)o1. The van der Waals surface area contributed by atoms with Gasteiger partial charge in [-0.05, 0) is 19.4 Å². The van der Waals surface area contributed by atoms with Crippen molar-refractivity contribution in [3.05, 3.63) is 42.4 Å². The van der Waals surface area contributed by atoms with Gasteiger partial charge in [0.15, 0.2) is 5.76 Å². The fourth-order valence-corrected chi connectivity index (χ4v) is 2.60.